The summed E-state index contributed by atoms with van der Waals surface area (Å²) in [7, 11) is -10.5. The minimum absolute atomic E-state index is 1.25. The van der Waals surface area contributed by atoms with Gasteiger partial charge in [0.1, 0.15) is 0 Å². The van der Waals surface area contributed by atoms with Gasteiger partial charge in [-0.3, -0.25) is 0 Å². The Balaban J connectivity index is 0. The fourth-order valence-corrected chi connectivity index (χ4v) is 0. The van der Waals surface area contributed by atoms with Crippen molar-refractivity contribution in [2.45, 2.75) is 20.3 Å². The van der Waals surface area contributed by atoms with Gasteiger partial charge >= 0.3 is 10.6 Å². The molecule has 0 saturated heterocycles. The van der Waals surface area contributed by atoms with Crippen LogP contribution in [-0.2, 0) is 0 Å². The molecule has 0 aromatic rings. The van der Waals surface area contributed by atoms with Gasteiger partial charge in [-0.15, -0.1) is 0 Å². The molecule has 0 aliphatic rings. The first kappa shape index (κ1) is 12.6. The Hall–Kier alpha value is -0.0700. The summed E-state index contributed by atoms with van der Waals surface area (Å²) in [5.74, 6) is 0. The molecule has 0 atom stereocenters. The molecule has 0 nitrogen and oxygen atoms in total. The minimum atomic E-state index is -10.5. The second-order valence-electron chi connectivity index (χ2n) is 1.58. The molecule has 7 heteroatoms. The summed E-state index contributed by atoms with van der Waals surface area (Å²) in [5, 5.41) is 0. The van der Waals surface area contributed by atoms with Gasteiger partial charge in [0.05, 0.1) is 0 Å². The maximum atomic E-state index is 9.85. The zero-order valence-corrected chi connectivity index (χ0v) is 6.20. The van der Waals surface area contributed by atoms with Crippen molar-refractivity contribution in [2.24, 2.45) is 0 Å². The van der Waals surface area contributed by atoms with Gasteiger partial charge in [0.2, 0.25) is 0 Å². The van der Waals surface area contributed by atoms with Gasteiger partial charge in [-0.05, 0) is 0 Å². The standard InChI is InChI=1S/C3H8.F6S/c1-3-2;1-7(2,3,4,5)6/h3H2,1-2H3;. The van der Waals surface area contributed by atoms with E-state index in [1.54, 1.807) is 0 Å². The van der Waals surface area contributed by atoms with Crippen molar-refractivity contribution in [3.8, 4) is 0 Å². The lowest BCUT2D eigenvalue weighted by Crippen LogP contribution is -1.92. The van der Waals surface area contributed by atoms with Crippen LogP contribution in [0.5, 0.6) is 0 Å². The van der Waals surface area contributed by atoms with Crippen LogP contribution in [0.3, 0.4) is 0 Å². The molecule has 10 heavy (non-hydrogen) atoms. The number of hydrogen-bond donors (Lipinski definition) is 0. The third kappa shape index (κ3) is 77700. The summed E-state index contributed by atoms with van der Waals surface area (Å²) < 4.78 is 59.1. The van der Waals surface area contributed by atoms with Gasteiger partial charge in [0.25, 0.3) is 0 Å². The Kier molecular flexibility index (Phi) is 2.79. The molecule has 0 aromatic carbocycles. The SMILES string of the molecule is CCC.FS(F)(F)(F)(F)F. The molecule has 68 valence electrons. The van der Waals surface area contributed by atoms with Crippen molar-refractivity contribution in [1.29, 1.82) is 0 Å². The van der Waals surface area contributed by atoms with Crippen molar-refractivity contribution >= 4 is 10.6 Å². The van der Waals surface area contributed by atoms with Gasteiger partial charge in [0.15, 0.2) is 0 Å². The van der Waals surface area contributed by atoms with E-state index in [-0.39, 0.29) is 0 Å². The van der Waals surface area contributed by atoms with Crippen LogP contribution >= 0.6 is 10.6 Å². The maximum Gasteiger partial charge on any atom is 0.431 e. The molecule has 0 bridgehead atoms. The van der Waals surface area contributed by atoms with E-state index in [0.717, 1.165) is 0 Å². The van der Waals surface area contributed by atoms with Crippen LogP contribution in [0.2, 0.25) is 0 Å². The lowest BCUT2D eigenvalue weighted by Gasteiger charge is -2.28. The number of rotatable bonds is 0. The molecule has 0 radical (unpaired) electrons. The van der Waals surface area contributed by atoms with Crippen LogP contribution in [0.15, 0.2) is 0 Å². The highest BCUT2D eigenvalue weighted by Gasteiger charge is 2.64. The normalized spacial score (nSPS) is 18.0. The highest BCUT2D eigenvalue weighted by atomic mass is 32.5. The van der Waals surface area contributed by atoms with Crippen LogP contribution in [0, 0.1) is 0 Å². The van der Waals surface area contributed by atoms with Crippen LogP contribution in [-0.4, -0.2) is 0 Å². The first-order chi connectivity index (χ1) is 3.86. The Morgan fingerprint density at radius 3 is 0.800 bits per heavy atom. The van der Waals surface area contributed by atoms with Gasteiger partial charge in [-0.2, -0.15) is 0 Å². The fraction of sp³-hybridized carbons (Fsp3) is 1.00. The van der Waals surface area contributed by atoms with Crippen molar-refractivity contribution in [2.75, 3.05) is 0 Å². The first-order valence-corrected chi connectivity index (χ1v) is 4.19. The highest BCUT2D eigenvalue weighted by Crippen LogP contribution is 2.99. The molecule has 0 unspecified atom stereocenters. The Morgan fingerprint density at radius 1 is 0.800 bits per heavy atom. The summed E-state index contributed by atoms with van der Waals surface area (Å²) in [6, 6.07) is 0. The van der Waals surface area contributed by atoms with E-state index in [1.807, 2.05) is 0 Å². The molecule has 0 aliphatic carbocycles. The van der Waals surface area contributed by atoms with E-state index < -0.39 is 10.6 Å². The molecular weight excluding hydrogens is 182 g/mol. The van der Waals surface area contributed by atoms with Crippen LogP contribution in [0.1, 0.15) is 20.3 Å². The van der Waals surface area contributed by atoms with E-state index in [4.69, 9.17) is 0 Å². The zero-order valence-electron chi connectivity index (χ0n) is 5.38. The van der Waals surface area contributed by atoms with E-state index in [2.05, 4.69) is 13.8 Å². The summed E-state index contributed by atoms with van der Waals surface area (Å²) in [6.45, 7) is 4.25. The topological polar surface area (TPSA) is 0 Å². The highest BCUT2D eigenvalue weighted by molar-refractivity contribution is 8.41. The molecule has 0 N–H and O–H groups in total. The molecule has 0 rings (SSSR count). The van der Waals surface area contributed by atoms with Crippen LogP contribution in [0.25, 0.3) is 0 Å². The van der Waals surface area contributed by atoms with Crippen LogP contribution in [0.4, 0.5) is 23.3 Å². The maximum absolute atomic E-state index is 10.5. The predicted octanol–water partition coefficient (Wildman–Crippen LogP) is 4.59. The average molecular weight is 190 g/mol. The summed E-state index contributed by atoms with van der Waals surface area (Å²) in [4.78, 5) is 0. The summed E-state index contributed by atoms with van der Waals surface area (Å²) in [5.41, 5.74) is 0. The molecule has 0 aromatic heterocycles. The summed E-state index contributed by atoms with van der Waals surface area (Å²) >= 11 is 0. The van der Waals surface area contributed by atoms with Gasteiger partial charge < -0.3 is 0 Å². The second-order valence-corrected chi connectivity index (χ2v) is 3.33. The van der Waals surface area contributed by atoms with Gasteiger partial charge in [0, 0.05) is 0 Å². The molecule has 0 saturated carbocycles. The van der Waals surface area contributed by atoms with Crippen molar-refractivity contribution in [1.82, 2.24) is 0 Å². The minimum Gasteiger partial charge on any atom is -0.0719 e. The van der Waals surface area contributed by atoms with Crippen molar-refractivity contribution in [3.63, 3.8) is 0 Å². The lowest BCUT2D eigenvalue weighted by atomic mass is 10.6. The van der Waals surface area contributed by atoms with Crippen molar-refractivity contribution < 1.29 is 23.3 Å². The van der Waals surface area contributed by atoms with E-state index in [0.29, 0.717) is 0 Å². The fourth-order valence-electron chi connectivity index (χ4n) is 0. The smallest absolute Gasteiger partial charge is 0.0719 e. The second kappa shape index (κ2) is 2.21. The molecule has 0 fully saturated rings. The van der Waals surface area contributed by atoms with E-state index in [1.165, 1.54) is 6.42 Å². The number of halogens is 6. The lowest BCUT2D eigenvalue weighted by molar-refractivity contribution is 0.291. The Morgan fingerprint density at radius 2 is 0.800 bits per heavy atom. The van der Waals surface area contributed by atoms with Gasteiger partial charge in [-0.1, -0.05) is 43.6 Å². The Labute approximate surface area is 55.2 Å². The molecule has 0 aliphatic heterocycles. The van der Waals surface area contributed by atoms with Crippen molar-refractivity contribution in [3.05, 3.63) is 0 Å². The first-order valence-electron chi connectivity index (χ1n) is 2.34. The monoisotopic (exact) mass is 190 g/mol. The molecule has 0 heterocycles. The third-order valence-electron chi connectivity index (χ3n) is 0. The number of hydrogen-bond acceptors (Lipinski definition) is 0. The predicted molar refractivity (Wildman–Crippen MR) is 30.2 cm³/mol. The van der Waals surface area contributed by atoms with E-state index in [9.17, 15) is 23.3 Å². The summed E-state index contributed by atoms with van der Waals surface area (Å²) in [6.07, 6.45) is 1.25. The van der Waals surface area contributed by atoms with E-state index >= 15 is 0 Å². The molecule has 0 spiro atoms. The quantitative estimate of drug-likeness (QED) is 0.490. The van der Waals surface area contributed by atoms with Crippen LogP contribution < -0.4 is 0 Å². The van der Waals surface area contributed by atoms with Gasteiger partial charge in [-0.25, -0.2) is 0 Å². The molecule has 0 amide bonds. The third-order valence-corrected chi connectivity index (χ3v) is 0. The molecular formula is C3H8F6S. The average Bonchev–Trinajstić information content (AvgIpc) is 1.20. The Bertz CT molecular complexity index is 82.4. The zero-order chi connectivity index (χ0) is 9.12. The largest absolute Gasteiger partial charge is 0.431 e.